The fourth-order valence-corrected chi connectivity index (χ4v) is 5.10. The standard InChI is InChI=1S/C24H14N3O.C14H14N.Ir/c1-2-7-17(8-3-1)26-16-27(22-11-5-4-10-21(22)26)18-12-13-19-20-9-6-14-25-24(20)28-23(19)15-18;1-10-4-6-13(7-5-10)14-8-11(2)12(3)9-15-14;/h1-14H;4-6,8-9H,1-3H3;/q+1;-1;. The van der Waals surface area contributed by atoms with Crippen molar-refractivity contribution in [2.24, 2.45) is 0 Å². The second kappa shape index (κ2) is 12.3. The van der Waals surface area contributed by atoms with Crippen molar-refractivity contribution in [1.29, 1.82) is 0 Å². The molecule has 215 valence electrons. The van der Waals surface area contributed by atoms with E-state index in [9.17, 15) is 0 Å². The van der Waals surface area contributed by atoms with Gasteiger partial charge in [0.25, 0.3) is 11.4 Å². The molecule has 0 atom stereocenters. The summed E-state index contributed by atoms with van der Waals surface area (Å²) in [5, 5.41) is 2.01. The Kier molecular flexibility index (Phi) is 8.15. The molecule has 8 rings (SSSR count). The first-order valence-corrected chi connectivity index (χ1v) is 14.2. The van der Waals surface area contributed by atoms with Crippen LogP contribution in [0.3, 0.4) is 0 Å². The van der Waals surface area contributed by atoms with E-state index < -0.39 is 0 Å². The minimum Gasteiger partial charge on any atom is -0.465 e. The van der Waals surface area contributed by atoms with Gasteiger partial charge in [0.1, 0.15) is 5.69 Å². The molecular weight excluding hydrogens is 721 g/mol. The van der Waals surface area contributed by atoms with Crippen LogP contribution in [0.4, 0.5) is 22.7 Å². The molecule has 0 fully saturated rings. The summed E-state index contributed by atoms with van der Waals surface area (Å²) in [6.07, 6.45) is 3.65. The Hall–Kier alpha value is -4.99. The van der Waals surface area contributed by atoms with Crippen molar-refractivity contribution in [2.45, 2.75) is 20.8 Å². The topological polar surface area (TPSA) is 44.9 Å². The van der Waals surface area contributed by atoms with Gasteiger partial charge in [0.15, 0.2) is 0 Å². The summed E-state index contributed by atoms with van der Waals surface area (Å²) in [4.78, 5) is 8.72. The first kappa shape index (κ1) is 29.1. The van der Waals surface area contributed by atoms with E-state index in [1.54, 1.807) is 6.20 Å². The number of rotatable bonds is 3. The maximum Gasteiger partial charge on any atom is 0.501 e. The zero-order chi connectivity index (χ0) is 29.3. The van der Waals surface area contributed by atoms with E-state index in [0.29, 0.717) is 11.3 Å². The van der Waals surface area contributed by atoms with Gasteiger partial charge in [-0.05, 0) is 41.1 Å². The van der Waals surface area contributed by atoms with Gasteiger partial charge in [0, 0.05) is 62.3 Å². The van der Waals surface area contributed by atoms with Crippen molar-refractivity contribution >= 4 is 50.8 Å². The van der Waals surface area contributed by atoms with Crippen LogP contribution in [-0.4, -0.2) is 16.0 Å². The average molecular weight is 749 g/mol. The minimum absolute atomic E-state index is 0. The first-order chi connectivity index (χ1) is 21.0. The number of hydrogen-bond donors (Lipinski definition) is 0. The van der Waals surface area contributed by atoms with Crippen LogP contribution in [-0.2, 0) is 20.1 Å². The molecule has 44 heavy (non-hydrogen) atoms. The van der Waals surface area contributed by atoms with E-state index in [0.717, 1.165) is 44.8 Å². The summed E-state index contributed by atoms with van der Waals surface area (Å²) in [6, 6.07) is 44.9. The predicted octanol–water partition coefficient (Wildman–Crippen LogP) is 9.11. The molecule has 1 aliphatic heterocycles. The third-order valence-electron chi connectivity index (χ3n) is 7.59. The third-order valence-corrected chi connectivity index (χ3v) is 7.59. The molecular formula is C38H28IrN4O. The molecule has 0 saturated carbocycles. The summed E-state index contributed by atoms with van der Waals surface area (Å²) in [7, 11) is 0. The largest absolute Gasteiger partial charge is 0.501 e. The van der Waals surface area contributed by atoms with Crippen LogP contribution in [0.5, 0.6) is 0 Å². The van der Waals surface area contributed by atoms with Gasteiger partial charge in [-0.15, -0.1) is 35.4 Å². The van der Waals surface area contributed by atoms with Gasteiger partial charge in [0.2, 0.25) is 11.4 Å². The molecule has 0 unspecified atom stereocenters. The Bertz CT molecular complexity index is 2200. The van der Waals surface area contributed by atoms with Gasteiger partial charge in [-0.3, -0.25) is 0 Å². The van der Waals surface area contributed by atoms with Crippen LogP contribution in [0.2, 0.25) is 0 Å². The van der Waals surface area contributed by atoms with Crippen molar-refractivity contribution in [3.63, 3.8) is 0 Å². The van der Waals surface area contributed by atoms with E-state index >= 15 is 0 Å². The summed E-state index contributed by atoms with van der Waals surface area (Å²) in [5.74, 6) is 0. The predicted molar refractivity (Wildman–Crippen MR) is 174 cm³/mol. The van der Waals surface area contributed by atoms with Gasteiger partial charge < -0.3 is 9.40 Å². The third kappa shape index (κ3) is 5.55. The van der Waals surface area contributed by atoms with E-state index in [2.05, 4.69) is 102 Å². The minimum atomic E-state index is 0. The molecule has 4 aromatic carbocycles. The van der Waals surface area contributed by atoms with E-state index in [4.69, 9.17) is 4.42 Å². The molecule has 1 aliphatic rings. The van der Waals surface area contributed by atoms with Gasteiger partial charge >= 0.3 is 6.01 Å². The molecule has 4 heterocycles. The molecule has 0 amide bonds. The summed E-state index contributed by atoms with van der Waals surface area (Å²) >= 11 is 0. The van der Waals surface area contributed by atoms with Crippen molar-refractivity contribution in [1.82, 2.24) is 19.1 Å². The number of furan rings is 1. The van der Waals surface area contributed by atoms with Crippen molar-refractivity contribution in [3.05, 3.63) is 144 Å². The number of nitrogens with zero attached hydrogens (tertiary/aromatic N) is 4. The zero-order valence-corrected chi connectivity index (χ0v) is 26.9. The number of aromatic nitrogens is 2. The second-order valence-corrected chi connectivity index (χ2v) is 10.6. The quantitative estimate of drug-likeness (QED) is 0.134. The van der Waals surface area contributed by atoms with Crippen LogP contribution in [0, 0.1) is 32.9 Å². The smallest absolute Gasteiger partial charge is 0.465 e. The molecule has 0 N–H and O–H groups in total. The normalized spacial score (nSPS) is 11.7. The molecule has 0 saturated heterocycles. The van der Waals surface area contributed by atoms with Gasteiger partial charge in [-0.25, -0.2) is 4.98 Å². The van der Waals surface area contributed by atoms with Crippen LogP contribution in [0.1, 0.15) is 16.7 Å². The fraction of sp³-hybridized carbons (Fsp3) is 0.0789. The maximum atomic E-state index is 5.92. The SMILES string of the molecule is C1=[N+](c2[c-]c3oc4ncccc4c3cc2)c2ccccc2[N+]=1c1ccccc1.Cc1c[c-]c(-c2cc(C)c(C)cn2)cc1.[Ir]. The molecule has 3 aromatic heterocycles. The van der Waals surface area contributed by atoms with Gasteiger partial charge in [-0.2, -0.15) is 6.07 Å². The second-order valence-electron chi connectivity index (χ2n) is 10.6. The number of hydrogen-bond acceptors (Lipinski definition) is 3. The Balaban J connectivity index is 0.000000183. The molecule has 5 nitrogen and oxygen atoms in total. The maximum absolute atomic E-state index is 5.92. The fourth-order valence-electron chi connectivity index (χ4n) is 5.10. The average Bonchev–Trinajstić information content (AvgIpc) is 3.62. The summed E-state index contributed by atoms with van der Waals surface area (Å²) in [6.45, 7) is 6.24. The monoisotopic (exact) mass is 749 g/mol. The zero-order valence-electron chi connectivity index (χ0n) is 24.5. The van der Waals surface area contributed by atoms with E-state index in [1.165, 1.54) is 16.7 Å². The number of benzene rings is 4. The van der Waals surface area contributed by atoms with Gasteiger partial charge in [0.05, 0.1) is 0 Å². The molecule has 0 spiro atoms. The van der Waals surface area contributed by atoms with Crippen LogP contribution in [0.15, 0.2) is 120 Å². The number of para-hydroxylation sites is 3. The van der Waals surface area contributed by atoms with Crippen molar-refractivity contribution in [3.8, 4) is 11.3 Å². The van der Waals surface area contributed by atoms with E-state index in [-0.39, 0.29) is 20.1 Å². The molecule has 0 aliphatic carbocycles. The van der Waals surface area contributed by atoms with Crippen LogP contribution in [0.25, 0.3) is 33.3 Å². The Morgan fingerprint density at radius 1 is 0.727 bits per heavy atom. The Morgan fingerprint density at radius 3 is 2.25 bits per heavy atom. The first-order valence-electron chi connectivity index (χ1n) is 14.2. The van der Waals surface area contributed by atoms with Gasteiger partial charge in [-0.1, -0.05) is 77.0 Å². The molecule has 0 bridgehead atoms. The number of pyridine rings is 2. The van der Waals surface area contributed by atoms with E-state index in [1.807, 2.05) is 65.4 Å². The molecule has 1 radical (unpaired) electrons. The van der Waals surface area contributed by atoms with Crippen molar-refractivity contribution in [2.75, 3.05) is 0 Å². The summed E-state index contributed by atoms with van der Waals surface area (Å²) in [5.41, 5.74) is 11.2. The molecule has 7 aromatic rings. The van der Waals surface area contributed by atoms with Crippen LogP contribution >= 0.6 is 0 Å². The Labute approximate surface area is 269 Å². The van der Waals surface area contributed by atoms with Crippen LogP contribution < -0.4 is 9.15 Å². The number of fused-ring (bicyclic) bond motifs is 4. The Morgan fingerprint density at radius 2 is 1.50 bits per heavy atom. The number of aryl methyl sites for hydroxylation is 3. The van der Waals surface area contributed by atoms with Crippen molar-refractivity contribution < 1.29 is 24.5 Å². The molecule has 6 heteroatoms. The summed E-state index contributed by atoms with van der Waals surface area (Å²) < 4.78 is 10.00.